The van der Waals surface area contributed by atoms with Crippen molar-refractivity contribution >= 4 is 0 Å². The summed E-state index contributed by atoms with van der Waals surface area (Å²) in [5.74, 6) is -1.02. The van der Waals surface area contributed by atoms with Crippen LogP contribution in [-0.4, -0.2) is 36.3 Å². The standard InChI is InChI=1S/C7H11NO5/c1-2-7-11-3-6(4-12-7,5-13-7)8(9)10/h2-5H2,1H3. The van der Waals surface area contributed by atoms with Crippen molar-refractivity contribution in [1.29, 1.82) is 0 Å². The Labute approximate surface area is 74.9 Å². The Bertz CT molecular complexity index is 217. The average molecular weight is 189 g/mol. The van der Waals surface area contributed by atoms with Gasteiger partial charge in [-0.15, -0.1) is 0 Å². The molecule has 0 aliphatic carbocycles. The third-order valence-corrected chi connectivity index (χ3v) is 2.50. The van der Waals surface area contributed by atoms with E-state index in [1.165, 1.54) is 0 Å². The van der Waals surface area contributed by atoms with Crippen molar-refractivity contribution in [2.24, 2.45) is 0 Å². The van der Waals surface area contributed by atoms with E-state index in [1.807, 2.05) is 6.92 Å². The number of fused-ring (bicyclic) bond motifs is 3. The summed E-state index contributed by atoms with van der Waals surface area (Å²) in [5, 5.41) is 10.7. The van der Waals surface area contributed by atoms with Crippen LogP contribution in [0.1, 0.15) is 13.3 Å². The monoisotopic (exact) mass is 189 g/mol. The molecule has 0 amide bonds. The van der Waals surface area contributed by atoms with E-state index in [9.17, 15) is 10.1 Å². The van der Waals surface area contributed by atoms with E-state index in [0.29, 0.717) is 6.42 Å². The molecule has 0 radical (unpaired) electrons. The highest BCUT2D eigenvalue weighted by molar-refractivity contribution is 4.88. The second-order valence-electron chi connectivity index (χ2n) is 3.38. The Hall–Kier alpha value is -0.720. The topological polar surface area (TPSA) is 70.8 Å². The fraction of sp³-hybridized carbons (Fsp3) is 1.00. The molecule has 0 spiro atoms. The molecule has 3 rings (SSSR count). The van der Waals surface area contributed by atoms with Crippen LogP contribution in [0.25, 0.3) is 0 Å². The largest absolute Gasteiger partial charge is 0.320 e. The summed E-state index contributed by atoms with van der Waals surface area (Å²) in [5.41, 5.74) is -1.18. The van der Waals surface area contributed by atoms with Gasteiger partial charge in [0.25, 0.3) is 11.5 Å². The highest BCUT2D eigenvalue weighted by Crippen LogP contribution is 2.36. The van der Waals surface area contributed by atoms with Crippen molar-refractivity contribution in [3.05, 3.63) is 10.1 Å². The molecule has 0 unspecified atom stereocenters. The first kappa shape index (κ1) is 8.86. The summed E-state index contributed by atoms with van der Waals surface area (Å²) >= 11 is 0. The van der Waals surface area contributed by atoms with Crippen molar-refractivity contribution in [2.75, 3.05) is 19.8 Å². The third kappa shape index (κ3) is 1.13. The van der Waals surface area contributed by atoms with Crippen LogP contribution in [0, 0.1) is 10.1 Å². The van der Waals surface area contributed by atoms with E-state index >= 15 is 0 Å². The molecule has 3 aliphatic rings. The van der Waals surface area contributed by atoms with Gasteiger partial charge in [-0.05, 0) is 0 Å². The first-order chi connectivity index (χ1) is 6.13. The Morgan fingerprint density at radius 1 is 1.31 bits per heavy atom. The predicted molar refractivity (Wildman–Crippen MR) is 40.6 cm³/mol. The lowest BCUT2D eigenvalue weighted by Gasteiger charge is -2.46. The van der Waals surface area contributed by atoms with Gasteiger partial charge >= 0.3 is 0 Å². The van der Waals surface area contributed by atoms with Gasteiger partial charge in [0.15, 0.2) is 0 Å². The molecule has 3 fully saturated rings. The van der Waals surface area contributed by atoms with Gasteiger partial charge in [-0.3, -0.25) is 10.1 Å². The zero-order chi connectivity index (χ0) is 9.53. The van der Waals surface area contributed by atoms with E-state index < -0.39 is 11.5 Å². The quantitative estimate of drug-likeness (QED) is 0.456. The predicted octanol–water partition coefficient (Wildman–Crippen LogP) is 0.143. The summed E-state index contributed by atoms with van der Waals surface area (Å²) < 4.78 is 15.6. The van der Waals surface area contributed by atoms with Gasteiger partial charge in [-0.2, -0.15) is 0 Å². The van der Waals surface area contributed by atoms with Crippen molar-refractivity contribution in [2.45, 2.75) is 24.9 Å². The van der Waals surface area contributed by atoms with Gasteiger partial charge in [-0.1, -0.05) is 6.92 Å². The van der Waals surface area contributed by atoms with Crippen LogP contribution in [0.3, 0.4) is 0 Å². The SMILES string of the molecule is CCC12OCC([N+](=O)[O-])(CO1)CO2. The number of nitrogens with zero attached hydrogens (tertiary/aromatic N) is 1. The van der Waals surface area contributed by atoms with Crippen molar-refractivity contribution in [3.8, 4) is 0 Å². The maximum atomic E-state index is 10.7. The van der Waals surface area contributed by atoms with Crippen LogP contribution >= 0.6 is 0 Å². The Morgan fingerprint density at radius 2 is 1.77 bits per heavy atom. The number of hydrogen-bond acceptors (Lipinski definition) is 5. The maximum absolute atomic E-state index is 10.7. The molecule has 3 aliphatic heterocycles. The minimum Gasteiger partial charge on any atom is -0.320 e. The van der Waals surface area contributed by atoms with Gasteiger partial charge in [0.05, 0.1) is 0 Å². The number of hydrogen-bond donors (Lipinski definition) is 0. The summed E-state index contributed by atoms with van der Waals surface area (Å²) in [4.78, 5) is 10.3. The molecule has 0 aromatic heterocycles. The fourth-order valence-corrected chi connectivity index (χ4v) is 1.45. The van der Waals surface area contributed by atoms with Gasteiger partial charge < -0.3 is 14.2 Å². The van der Waals surface area contributed by atoms with E-state index in [1.54, 1.807) is 0 Å². The maximum Gasteiger partial charge on any atom is 0.291 e. The lowest BCUT2D eigenvalue weighted by Crippen LogP contribution is -2.66. The number of rotatable bonds is 2. The van der Waals surface area contributed by atoms with Crippen LogP contribution in [0.2, 0.25) is 0 Å². The lowest BCUT2D eigenvalue weighted by atomic mass is 10.0. The van der Waals surface area contributed by atoms with E-state index in [0.717, 1.165) is 0 Å². The third-order valence-electron chi connectivity index (χ3n) is 2.50. The van der Waals surface area contributed by atoms with E-state index in [2.05, 4.69) is 0 Å². The molecule has 0 aromatic rings. The van der Waals surface area contributed by atoms with Gasteiger partial charge in [0.1, 0.15) is 19.8 Å². The molecule has 74 valence electrons. The highest BCUT2D eigenvalue weighted by atomic mass is 16.9. The number of nitro groups is 1. The molecule has 0 atom stereocenters. The van der Waals surface area contributed by atoms with Crippen LogP contribution in [0.15, 0.2) is 0 Å². The molecule has 13 heavy (non-hydrogen) atoms. The summed E-state index contributed by atoms with van der Waals surface area (Å²) in [6.07, 6.45) is 0.542. The van der Waals surface area contributed by atoms with E-state index in [-0.39, 0.29) is 24.7 Å². The summed E-state index contributed by atoms with van der Waals surface area (Å²) in [6.45, 7) is 2.08. The number of ether oxygens (including phenoxy) is 3. The van der Waals surface area contributed by atoms with Crippen molar-refractivity contribution < 1.29 is 19.1 Å². The summed E-state index contributed by atoms with van der Waals surface area (Å²) in [6, 6.07) is 0. The molecule has 3 saturated heterocycles. The smallest absolute Gasteiger partial charge is 0.291 e. The normalized spacial score (nSPS) is 43.5. The molecule has 0 saturated carbocycles. The lowest BCUT2D eigenvalue weighted by molar-refractivity contribution is -0.641. The van der Waals surface area contributed by atoms with Gasteiger partial charge in [0.2, 0.25) is 0 Å². The summed E-state index contributed by atoms with van der Waals surface area (Å²) in [7, 11) is 0. The van der Waals surface area contributed by atoms with E-state index in [4.69, 9.17) is 14.2 Å². The molecule has 0 N–H and O–H groups in total. The second kappa shape index (κ2) is 2.63. The van der Waals surface area contributed by atoms with Crippen molar-refractivity contribution in [3.63, 3.8) is 0 Å². The molecule has 6 heteroatoms. The van der Waals surface area contributed by atoms with Gasteiger partial charge in [-0.25, -0.2) is 0 Å². The van der Waals surface area contributed by atoms with Crippen LogP contribution in [-0.2, 0) is 14.2 Å². The fourth-order valence-electron chi connectivity index (χ4n) is 1.45. The first-order valence-corrected chi connectivity index (χ1v) is 4.19. The Morgan fingerprint density at radius 3 is 2.08 bits per heavy atom. The minimum atomic E-state index is -1.18. The van der Waals surface area contributed by atoms with Crippen LogP contribution in [0.5, 0.6) is 0 Å². The second-order valence-corrected chi connectivity index (χ2v) is 3.38. The molecular weight excluding hydrogens is 178 g/mol. The molecule has 2 bridgehead atoms. The van der Waals surface area contributed by atoms with Crippen molar-refractivity contribution in [1.82, 2.24) is 0 Å². The van der Waals surface area contributed by atoms with Crippen LogP contribution < -0.4 is 0 Å². The molecular formula is C7H11NO5. The van der Waals surface area contributed by atoms with Gasteiger partial charge in [0, 0.05) is 11.3 Å². The zero-order valence-electron chi connectivity index (χ0n) is 7.32. The highest BCUT2D eigenvalue weighted by Gasteiger charge is 2.59. The molecule has 0 aromatic carbocycles. The molecule has 3 heterocycles. The molecule has 6 nitrogen and oxygen atoms in total. The minimum absolute atomic E-state index is 0.0772. The average Bonchev–Trinajstić information content (AvgIpc) is 2.20. The van der Waals surface area contributed by atoms with Crippen LogP contribution in [0.4, 0.5) is 0 Å². The first-order valence-electron chi connectivity index (χ1n) is 4.19. The Kier molecular flexibility index (Phi) is 1.79. The Balaban J connectivity index is 2.16. The zero-order valence-corrected chi connectivity index (χ0v) is 7.32.